The normalized spacial score (nSPS) is 12.2. The molecule has 1 rings (SSSR count). The fourth-order valence-corrected chi connectivity index (χ4v) is 1.14. The van der Waals surface area contributed by atoms with Crippen LogP contribution in [0.3, 0.4) is 0 Å². The molecule has 1 aromatic carbocycles. The summed E-state index contributed by atoms with van der Waals surface area (Å²) < 4.78 is 5.21. The lowest BCUT2D eigenvalue weighted by molar-refractivity contribution is -0.385. The first-order chi connectivity index (χ1) is 7.00. The van der Waals surface area contributed by atoms with E-state index in [0.717, 1.165) is 0 Å². The number of aliphatic hydroxyl groups is 1. The third kappa shape index (κ3) is 3.21. The van der Waals surface area contributed by atoms with Crippen molar-refractivity contribution in [1.82, 2.24) is 0 Å². The summed E-state index contributed by atoms with van der Waals surface area (Å²) in [4.78, 5) is 10.1. The van der Waals surface area contributed by atoms with Crippen molar-refractivity contribution in [3.05, 3.63) is 33.9 Å². The lowest BCUT2D eigenvalue weighted by Gasteiger charge is -2.08. The van der Waals surface area contributed by atoms with Crippen molar-refractivity contribution in [2.24, 2.45) is 0 Å². The van der Waals surface area contributed by atoms with Crippen molar-refractivity contribution in [1.29, 1.82) is 0 Å². The lowest BCUT2D eigenvalue weighted by Crippen LogP contribution is -2.12. The van der Waals surface area contributed by atoms with Gasteiger partial charge in [-0.15, -0.1) is 0 Å². The van der Waals surface area contributed by atoms with Crippen molar-refractivity contribution in [3.63, 3.8) is 0 Å². The summed E-state index contributed by atoms with van der Waals surface area (Å²) >= 11 is 0. The number of nitro groups is 1. The van der Waals surface area contributed by atoms with E-state index in [9.17, 15) is 10.1 Å². The topological polar surface area (TPSA) is 72.6 Å². The molecule has 0 amide bonds. The molecule has 0 aliphatic carbocycles. The molecule has 1 atom stereocenters. The van der Waals surface area contributed by atoms with Crippen molar-refractivity contribution < 1.29 is 14.8 Å². The van der Waals surface area contributed by atoms with Gasteiger partial charge in [0.1, 0.15) is 12.4 Å². The van der Waals surface area contributed by atoms with Gasteiger partial charge in [0.2, 0.25) is 0 Å². The second-order valence-corrected chi connectivity index (χ2v) is 3.37. The molecule has 15 heavy (non-hydrogen) atoms. The van der Waals surface area contributed by atoms with Crippen LogP contribution in [0.1, 0.15) is 12.5 Å². The first-order valence-corrected chi connectivity index (χ1v) is 4.56. The van der Waals surface area contributed by atoms with Crippen LogP contribution in [-0.4, -0.2) is 22.7 Å². The van der Waals surface area contributed by atoms with Crippen LogP contribution < -0.4 is 4.74 Å². The van der Waals surface area contributed by atoms with E-state index < -0.39 is 11.0 Å². The molecule has 0 aromatic heterocycles. The van der Waals surface area contributed by atoms with E-state index in [1.54, 1.807) is 19.9 Å². The number of nitrogens with zero attached hydrogens (tertiary/aromatic N) is 1. The van der Waals surface area contributed by atoms with Gasteiger partial charge in [0.25, 0.3) is 5.69 Å². The van der Waals surface area contributed by atoms with Crippen LogP contribution >= 0.6 is 0 Å². The summed E-state index contributed by atoms with van der Waals surface area (Å²) in [6.07, 6.45) is -0.555. The summed E-state index contributed by atoms with van der Waals surface area (Å²) in [7, 11) is 0. The Labute approximate surface area is 87.5 Å². The van der Waals surface area contributed by atoms with Crippen molar-refractivity contribution in [2.45, 2.75) is 20.0 Å². The van der Waals surface area contributed by atoms with Crippen LogP contribution in [0.25, 0.3) is 0 Å². The van der Waals surface area contributed by atoms with Crippen molar-refractivity contribution in [3.8, 4) is 5.75 Å². The van der Waals surface area contributed by atoms with Crippen LogP contribution in [0.2, 0.25) is 0 Å². The van der Waals surface area contributed by atoms with E-state index >= 15 is 0 Å². The third-order valence-corrected chi connectivity index (χ3v) is 1.86. The number of hydrogen-bond donors (Lipinski definition) is 1. The summed E-state index contributed by atoms with van der Waals surface area (Å²) in [5.41, 5.74) is 0.613. The van der Waals surface area contributed by atoms with Gasteiger partial charge in [0, 0.05) is 11.6 Å². The second-order valence-electron chi connectivity index (χ2n) is 3.37. The predicted octanol–water partition coefficient (Wildman–Crippen LogP) is 1.66. The van der Waals surface area contributed by atoms with Crippen LogP contribution in [0.15, 0.2) is 18.2 Å². The minimum Gasteiger partial charge on any atom is -0.491 e. The van der Waals surface area contributed by atoms with Gasteiger partial charge < -0.3 is 9.84 Å². The Balaban J connectivity index is 2.78. The molecule has 0 heterocycles. The molecule has 5 nitrogen and oxygen atoms in total. The molecule has 0 bridgehead atoms. The van der Waals surface area contributed by atoms with Gasteiger partial charge in [0.05, 0.1) is 11.0 Å². The average molecular weight is 211 g/mol. The maximum atomic E-state index is 10.5. The molecule has 5 heteroatoms. The van der Waals surface area contributed by atoms with Gasteiger partial charge in [-0.1, -0.05) is 0 Å². The molecule has 0 saturated heterocycles. The smallest absolute Gasteiger partial charge is 0.272 e. The highest BCUT2D eigenvalue weighted by atomic mass is 16.6. The van der Waals surface area contributed by atoms with E-state index in [4.69, 9.17) is 9.84 Å². The van der Waals surface area contributed by atoms with Gasteiger partial charge >= 0.3 is 0 Å². The summed E-state index contributed by atoms with van der Waals surface area (Å²) in [6, 6.07) is 4.50. The van der Waals surface area contributed by atoms with Gasteiger partial charge in [0.15, 0.2) is 0 Å². The molecule has 0 aliphatic heterocycles. The van der Waals surface area contributed by atoms with E-state index in [2.05, 4.69) is 0 Å². The highest BCUT2D eigenvalue weighted by Gasteiger charge is 2.10. The zero-order chi connectivity index (χ0) is 11.4. The monoisotopic (exact) mass is 211 g/mol. The van der Waals surface area contributed by atoms with E-state index in [1.807, 2.05) is 0 Å². The molecule has 82 valence electrons. The van der Waals surface area contributed by atoms with E-state index in [0.29, 0.717) is 11.3 Å². The Morgan fingerprint density at radius 2 is 2.27 bits per heavy atom. The van der Waals surface area contributed by atoms with Crippen LogP contribution in [0.4, 0.5) is 5.69 Å². The molecule has 0 saturated carbocycles. The molecule has 0 radical (unpaired) electrons. The number of benzene rings is 1. The quantitative estimate of drug-likeness (QED) is 0.607. The highest BCUT2D eigenvalue weighted by molar-refractivity contribution is 5.44. The number of nitro benzene ring substituents is 1. The second kappa shape index (κ2) is 4.75. The number of hydrogen-bond acceptors (Lipinski definition) is 4. The lowest BCUT2D eigenvalue weighted by atomic mass is 10.2. The maximum absolute atomic E-state index is 10.5. The van der Waals surface area contributed by atoms with E-state index in [-0.39, 0.29) is 12.3 Å². The highest BCUT2D eigenvalue weighted by Crippen LogP contribution is 2.22. The van der Waals surface area contributed by atoms with Gasteiger partial charge in [-0.2, -0.15) is 0 Å². The fraction of sp³-hybridized carbons (Fsp3) is 0.400. The summed E-state index contributed by atoms with van der Waals surface area (Å²) in [5.74, 6) is 0.527. The Morgan fingerprint density at radius 3 is 2.73 bits per heavy atom. The number of aliphatic hydroxyl groups excluding tert-OH is 1. The SMILES string of the molecule is Cc1cc(OCC(C)O)ccc1[N+](=O)[O-]. The minimum absolute atomic E-state index is 0.0689. The van der Waals surface area contributed by atoms with Gasteiger partial charge in [-0.25, -0.2) is 0 Å². The van der Waals surface area contributed by atoms with Crippen LogP contribution in [-0.2, 0) is 0 Å². The number of aryl methyl sites for hydroxylation is 1. The minimum atomic E-state index is -0.555. The fourth-order valence-electron chi connectivity index (χ4n) is 1.14. The van der Waals surface area contributed by atoms with Crippen LogP contribution in [0.5, 0.6) is 5.75 Å². The third-order valence-electron chi connectivity index (χ3n) is 1.86. The Kier molecular flexibility index (Phi) is 3.62. The maximum Gasteiger partial charge on any atom is 0.272 e. The number of rotatable bonds is 4. The van der Waals surface area contributed by atoms with Crippen molar-refractivity contribution >= 4 is 5.69 Å². The summed E-state index contributed by atoms with van der Waals surface area (Å²) in [6.45, 7) is 3.43. The molecule has 1 N–H and O–H groups in total. The molecule has 0 fully saturated rings. The summed E-state index contributed by atoms with van der Waals surface area (Å²) in [5, 5.41) is 19.5. The molecule has 1 unspecified atom stereocenters. The average Bonchev–Trinajstić information content (AvgIpc) is 2.14. The molecule has 1 aromatic rings. The zero-order valence-corrected chi connectivity index (χ0v) is 8.64. The largest absolute Gasteiger partial charge is 0.491 e. The molecule has 0 spiro atoms. The Bertz CT molecular complexity index is 362. The molecular formula is C10H13NO4. The molecule has 0 aliphatic rings. The standard InChI is InChI=1S/C10H13NO4/c1-7-5-9(15-6-8(2)12)3-4-10(7)11(13)14/h3-5,8,12H,6H2,1-2H3. The molecular weight excluding hydrogens is 198 g/mol. The van der Waals surface area contributed by atoms with Crippen LogP contribution in [0, 0.1) is 17.0 Å². The Hall–Kier alpha value is -1.62. The first kappa shape index (κ1) is 11.5. The zero-order valence-electron chi connectivity index (χ0n) is 8.64. The number of ether oxygens (including phenoxy) is 1. The van der Waals surface area contributed by atoms with Crippen molar-refractivity contribution in [2.75, 3.05) is 6.61 Å². The van der Waals surface area contributed by atoms with Gasteiger partial charge in [-0.3, -0.25) is 10.1 Å². The van der Waals surface area contributed by atoms with E-state index in [1.165, 1.54) is 12.1 Å². The Morgan fingerprint density at radius 1 is 1.60 bits per heavy atom. The first-order valence-electron chi connectivity index (χ1n) is 4.56. The van der Waals surface area contributed by atoms with Gasteiger partial charge in [-0.05, 0) is 26.0 Å². The predicted molar refractivity (Wildman–Crippen MR) is 55.0 cm³/mol.